The third-order valence-corrected chi connectivity index (χ3v) is 6.66. The van der Waals surface area contributed by atoms with Crippen molar-refractivity contribution in [3.63, 3.8) is 0 Å². The minimum atomic E-state index is -4.53. The molecule has 1 heterocycles. The number of hydrogen-bond donors (Lipinski definition) is 1. The number of esters is 1. The molecular weight excluding hydrogens is 421 g/mol. The highest BCUT2D eigenvalue weighted by molar-refractivity contribution is 7.17. The Hall–Kier alpha value is -2.10. The summed E-state index contributed by atoms with van der Waals surface area (Å²) in [4.78, 5) is 38.5. The normalized spacial score (nSPS) is 17.1. The van der Waals surface area contributed by atoms with Crippen molar-refractivity contribution in [1.82, 2.24) is 4.90 Å². The summed E-state index contributed by atoms with van der Waals surface area (Å²) in [5, 5.41) is 3.00. The fourth-order valence-corrected chi connectivity index (χ4v) is 5.12. The predicted molar refractivity (Wildman–Crippen MR) is 106 cm³/mol. The second-order valence-electron chi connectivity index (χ2n) is 7.89. The van der Waals surface area contributed by atoms with Crippen molar-refractivity contribution in [2.75, 3.05) is 18.5 Å². The van der Waals surface area contributed by atoms with Gasteiger partial charge >= 0.3 is 12.1 Å². The first kappa shape index (κ1) is 22.6. The largest absolute Gasteiger partial charge is 0.452 e. The smallest absolute Gasteiger partial charge is 0.406 e. The van der Waals surface area contributed by atoms with Crippen LogP contribution in [-0.2, 0) is 27.2 Å². The molecule has 1 atom stereocenters. The van der Waals surface area contributed by atoms with Crippen LogP contribution in [-0.4, -0.2) is 48.1 Å². The van der Waals surface area contributed by atoms with Gasteiger partial charge in [-0.05, 0) is 56.9 Å². The van der Waals surface area contributed by atoms with Gasteiger partial charge in [-0.15, -0.1) is 11.3 Å². The molecule has 1 unspecified atom stereocenters. The number of nitrogens with one attached hydrogen (secondary N) is 1. The first-order chi connectivity index (χ1) is 14.1. The molecule has 1 aromatic heterocycles. The van der Waals surface area contributed by atoms with Crippen LogP contribution in [0, 0.1) is 5.92 Å². The number of ether oxygens (including phenoxy) is 1. The average Bonchev–Trinajstić information content (AvgIpc) is 3.43. The maximum atomic E-state index is 13.0. The third-order valence-electron chi connectivity index (χ3n) is 5.46. The van der Waals surface area contributed by atoms with Crippen molar-refractivity contribution in [2.45, 2.75) is 64.6 Å². The molecular formula is C20H25F3N2O4S. The second kappa shape index (κ2) is 8.95. The third kappa shape index (κ3) is 5.53. The van der Waals surface area contributed by atoms with E-state index in [1.165, 1.54) is 18.3 Å². The molecule has 6 nitrogen and oxygen atoms in total. The molecule has 1 fully saturated rings. The van der Waals surface area contributed by atoms with Gasteiger partial charge < -0.3 is 15.0 Å². The number of aryl methyl sites for hydroxylation is 1. The zero-order chi connectivity index (χ0) is 22.1. The van der Waals surface area contributed by atoms with Gasteiger partial charge in [0.1, 0.15) is 11.5 Å². The SMILES string of the molecule is CC(=O)Nc1sc2c(c1C(=O)OCC(=O)N(CC(F)(F)F)C(C)C1CC1)CCCC2. The molecule has 3 rings (SSSR count). The first-order valence-electron chi connectivity index (χ1n) is 10.0. The number of fused-ring (bicyclic) bond motifs is 1. The van der Waals surface area contributed by atoms with Crippen LogP contribution in [0.3, 0.4) is 0 Å². The maximum absolute atomic E-state index is 13.0. The van der Waals surface area contributed by atoms with Gasteiger partial charge in [0.2, 0.25) is 5.91 Å². The highest BCUT2D eigenvalue weighted by atomic mass is 32.1. The van der Waals surface area contributed by atoms with Gasteiger partial charge in [0, 0.05) is 17.8 Å². The molecule has 1 aromatic rings. The van der Waals surface area contributed by atoms with Crippen molar-refractivity contribution >= 4 is 34.1 Å². The Morgan fingerprint density at radius 2 is 1.90 bits per heavy atom. The molecule has 1 N–H and O–H groups in total. The zero-order valence-corrected chi connectivity index (χ0v) is 17.8. The fraction of sp³-hybridized carbons (Fsp3) is 0.650. The van der Waals surface area contributed by atoms with Crippen molar-refractivity contribution in [1.29, 1.82) is 0 Å². The molecule has 30 heavy (non-hydrogen) atoms. The molecule has 2 aliphatic rings. The van der Waals surface area contributed by atoms with Crippen LogP contribution in [0.15, 0.2) is 0 Å². The number of thiophene rings is 1. The van der Waals surface area contributed by atoms with Crippen LogP contribution in [0.2, 0.25) is 0 Å². The van der Waals surface area contributed by atoms with Crippen molar-refractivity contribution in [2.24, 2.45) is 5.92 Å². The van der Waals surface area contributed by atoms with Crippen molar-refractivity contribution in [3.05, 3.63) is 16.0 Å². The van der Waals surface area contributed by atoms with Gasteiger partial charge in [0.05, 0.1) is 5.56 Å². The van der Waals surface area contributed by atoms with Crippen LogP contribution in [0.1, 0.15) is 60.3 Å². The van der Waals surface area contributed by atoms with E-state index in [1.54, 1.807) is 6.92 Å². The number of amides is 2. The zero-order valence-electron chi connectivity index (χ0n) is 16.9. The Labute approximate surface area is 176 Å². The Morgan fingerprint density at radius 3 is 2.50 bits per heavy atom. The number of rotatable bonds is 7. The number of anilines is 1. The predicted octanol–water partition coefficient (Wildman–Crippen LogP) is 3.93. The van der Waals surface area contributed by atoms with E-state index in [0.29, 0.717) is 11.4 Å². The van der Waals surface area contributed by atoms with E-state index >= 15 is 0 Å². The van der Waals surface area contributed by atoms with E-state index in [9.17, 15) is 27.6 Å². The molecule has 0 aliphatic heterocycles. The Bertz CT molecular complexity index is 833. The van der Waals surface area contributed by atoms with Gasteiger partial charge in [-0.1, -0.05) is 0 Å². The molecule has 10 heteroatoms. The summed E-state index contributed by atoms with van der Waals surface area (Å²) in [5.41, 5.74) is 1.02. The quantitative estimate of drug-likeness (QED) is 0.644. The summed E-state index contributed by atoms with van der Waals surface area (Å²) in [7, 11) is 0. The van der Waals surface area contributed by atoms with Gasteiger partial charge in [-0.3, -0.25) is 9.59 Å². The molecule has 2 aliphatic carbocycles. The van der Waals surface area contributed by atoms with E-state index in [0.717, 1.165) is 47.4 Å². The lowest BCUT2D eigenvalue weighted by molar-refractivity contribution is -0.167. The Balaban J connectivity index is 1.73. The lowest BCUT2D eigenvalue weighted by Crippen LogP contribution is -2.47. The van der Waals surface area contributed by atoms with Crippen LogP contribution in [0.25, 0.3) is 0 Å². The number of alkyl halides is 3. The average molecular weight is 446 g/mol. The molecule has 2 amide bonds. The van der Waals surface area contributed by atoms with E-state index in [1.807, 2.05) is 0 Å². The minimum Gasteiger partial charge on any atom is -0.452 e. The number of nitrogens with zero attached hydrogens (tertiary/aromatic N) is 1. The van der Waals surface area contributed by atoms with E-state index in [4.69, 9.17) is 4.74 Å². The number of carbonyl (C=O) groups excluding carboxylic acids is 3. The second-order valence-corrected chi connectivity index (χ2v) is 8.99. The van der Waals surface area contributed by atoms with Gasteiger partial charge in [-0.2, -0.15) is 13.2 Å². The van der Waals surface area contributed by atoms with Crippen molar-refractivity contribution < 1.29 is 32.3 Å². The molecule has 0 spiro atoms. The van der Waals surface area contributed by atoms with Crippen LogP contribution < -0.4 is 5.32 Å². The van der Waals surface area contributed by atoms with E-state index in [2.05, 4.69) is 5.32 Å². The number of carbonyl (C=O) groups is 3. The Kier molecular flexibility index (Phi) is 6.74. The lowest BCUT2D eigenvalue weighted by Gasteiger charge is -2.30. The minimum absolute atomic E-state index is 0.0438. The van der Waals surface area contributed by atoms with E-state index in [-0.39, 0.29) is 17.4 Å². The molecule has 0 aromatic carbocycles. The fourth-order valence-electron chi connectivity index (χ4n) is 3.80. The maximum Gasteiger partial charge on any atom is 0.406 e. The van der Waals surface area contributed by atoms with Crippen LogP contribution in [0.5, 0.6) is 0 Å². The monoisotopic (exact) mass is 446 g/mol. The van der Waals surface area contributed by atoms with Gasteiger partial charge in [0.15, 0.2) is 6.61 Å². The first-order valence-corrected chi connectivity index (χ1v) is 10.8. The summed E-state index contributed by atoms with van der Waals surface area (Å²) < 4.78 is 44.0. The molecule has 0 radical (unpaired) electrons. The summed E-state index contributed by atoms with van der Waals surface area (Å²) in [6.45, 7) is 0.779. The highest BCUT2D eigenvalue weighted by Gasteiger charge is 2.40. The molecule has 0 saturated heterocycles. The molecule has 166 valence electrons. The summed E-state index contributed by atoms with van der Waals surface area (Å²) >= 11 is 1.31. The highest BCUT2D eigenvalue weighted by Crippen LogP contribution is 2.39. The van der Waals surface area contributed by atoms with Crippen LogP contribution >= 0.6 is 11.3 Å². The van der Waals surface area contributed by atoms with Crippen LogP contribution in [0.4, 0.5) is 18.2 Å². The number of halogens is 3. The van der Waals surface area contributed by atoms with Gasteiger partial charge in [-0.25, -0.2) is 4.79 Å². The molecule has 1 saturated carbocycles. The summed E-state index contributed by atoms with van der Waals surface area (Å²) in [6, 6.07) is -0.568. The standard InChI is InChI=1S/C20H25F3N2O4S/c1-11(13-7-8-13)25(10-20(21,22)23)16(27)9-29-19(28)17-14-5-3-4-6-15(14)30-18(17)24-12(2)26/h11,13H,3-10H2,1-2H3,(H,24,26). The number of hydrogen-bond acceptors (Lipinski definition) is 5. The molecule has 0 bridgehead atoms. The summed E-state index contributed by atoms with van der Waals surface area (Å²) in [6.07, 6.45) is 0.340. The lowest BCUT2D eigenvalue weighted by atomic mass is 9.95. The topological polar surface area (TPSA) is 75.7 Å². The van der Waals surface area contributed by atoms with Crippen molar-refractivity contribution in [3.8, 4) is 0 Å². The van der Waals surface area contributed by atoms with E-state index < -0.39 is 37.2 Å². The van der Waals surface area contributed by atoms with Gasteiger partial charge in [0.25, 0.3) is 5.91 Å². The summed E-state index contributed by atoms with van der Waals surface area (Å²) in [5.74, 6) is -1.96. The Morgan fingerprint density at radius 1 is 1.23 bits per heavy atom.